The Labute approximate surface area is 106 Å². The second kappa shape index (κ2) is 5.53. The average molecular weight is 247 g/mol. The minimum absolute atomic E-state index is 0.0111. The summed E-state index contributed by atoms with van der Waals surface area (Å²) in [5, 5.41) is 2.57. The highest BCUT2D eigenvalue weighted by Gasteiger charge is 2.29. The number of nitrogens with zero attached hydrogens (tertiary/aromatic N) is 2. The van der Waals surface area contributed by atoms with E-state index in [1.54, 1.807) is 9.80 Å². The van der Waals surface area contributed by atoms with E-state index in [2.05, 4.69) is 5.32 Å². The number of urea groups is 1. The van der Waals surface area contributed by atoms with Crippen molar-refractivity contribution in [3.05, 3.63) is 29.8 Å². The first kappa shape index (κ1) is 12.4. The lowest BCUT2D eigenvalue weighted by Crippen LogP contribution is -2.36. The standard InChI is InChI=1S/C13H17N3O2/c1-11-4-2-3-5-12(11)16-9-8-15(13(16)18)7-6-14-10-17/h2-5,10H,6-9H2,1H3,(H,14,17). The summed E-state index contributed by atoms with van der Waals surface area (Å²) in [6, 6.07) is 7.87. The summed E-state index contributed by atoms with van der Waals surface area (Å²) < 4.78 is 0. The first-order chi connectivity index (χ1) is 8.74. The molecule has 2 rings (SSSR count). The molecule has 0 atom stereocenters. The zero-order chi connectivity index (χ0) is 13.0. The molecule has 1 saturated heterocycles. The number of carbonyl (C=O) groups is 2. The first-order valence-corrected chi connectivity index (χ1v) is 6.03. The summed E-state index contributed by atoms with van der Waals surface area (Å²) >= 11 is 0. The maximum atomic E-state index is 12.2. The van der Waals surface area contributed by atoms with Crippen LogP contribution in [0.5, 0.6) is 0 Å². The van der Waals surface area contributed by atoms with Crippen LogP contribution >= 0.6 is 0 Å². The lowest BCUT2D eigenvalue weighted by Gasteiger charge is -2.20. The van der Waals surface area contributed by atoms with E-state index in [1.165, 1.54) is 0 Å². The minimum atomic E-state index is 0.0111. The van der Waals surface area contributed by atoms with Crippen molar-refractivity contribution in [2.24, 2.45) is 0 Å². The summed E-state index contributed by atoms with van der Waals surface area (Å²) in [6.45, 7) is 4.45. The summed E-state index contributed by atoms with van der Waals surface area (Å²) in [5.74, 6) is 0. The molecule has 0 radical (unpaired) electrons. The Bertz CT molecular complexity index is 448. The van der Waals surface area contributed by atoms with E-state index in [0.717, 1.165) is 11.3 Å². The molecule has 0 spiro atoms. The molecule has 1 aromatic rings. The van der Waals surface area contributed by atoms with Gasteiger partial charge in [0.15, 0.2) is 0 Å². The highest BCUT2D eigenvalue weighted by molar-refractivity contribution is 5.94. The Morgan fingerprint density at radius 2 is 2.11 bits per heavy atom. The van der Waals surface area contributed by atoms with Crippen LogP contribution in [0.1, 0.15) is 5.56 Å². The van der Waals surface area contributed by atoms with E-state index in [9.17, 15) is 9.59 Å². The van der Waals surface area contributed by atoms with Gasteiger partial charge in [-0.15, -0.1) is 0 Å². The monoisotopic (exact) mass is 247 g/mol. The van der Waals surface area contributed by atoms with Crippen LogP contribution in [-0.2, 0) is 4.79 Å². The second-order valence-corrected chi connectivity index (χ2v) is 4.28. The topological polar surface area (TPSA) is 52.6 Å². The summed E-state index contributed by atoms with van der Waals surface area (Å²) in [7, 11) is 0. The van der Waals surface area contributed by atoms with E-state index in [0.29, 0.717) is 32.6 Å². The van der Waals surface area contributed by atoms with Gasteiger partial charge in [0.1, 0.15) is 0 Å². The molecule has 1 aliphatic heterocycles. The molecule has 3 amide bonds. The van der Waals surface area contributed by atoms with Gasteiger partial charge in [-0.05, 0) is 18.6 Å². The number of benzene rings is 1. The van der Waals surface area contributed by atoms with Crippen LogP contribution < -0.4 is 10.2 Å². The highest BCUT2D eigenvalue weighted by atomic mass is 16.2. The van der Waals surface area contributed by atoms with Gasteiger partial charge in [-0.3, -0.25) is 9.69 Å². The van der Waals surface area contributed by atoms with Crippen molar-refractivity contribution in [3.8, 4) is 0 Å². The number of hydrogen-bond donors (Lipinski definition) is 1. The van der Waals surface area contributed by atoms with Crippen LogP contribution in [0.2, 0.25) is 0 Å². The molecule has 1 aromatic carbocycles. The fourth-order valence-corrected chi connectivity index (χ4v) is 2.14. The van der Waals surface area contributed by atoms with Gasteiger partial charge in [0.25, 0.3) is 0 Å². The van der Waals surface area contributed by atoms with Crippen molar-refractivity contribution in [1.82, 2.24) is 10.2 Å². The fraction of sp³-hybridized carbons (Fsp3) is 0.385. The molecule has 96 valence electrons. The Morgan fingerprint density at radius 1 is 1.33 bits per heavy atom. The van der Waals surface area contributed by atoms with Gasteiger partial charge in [-0.25, -0.2) is 4.79 Å². The van der Waals surface area contributed by atoms with Crippen LogP contribution in [0, 0.1) is 6.92 Å². The smallest absolute Gasteiger partial charge is 0.324 e. The third-order valence-corrected chi connectivity index (χ3v) is 3.11. The van der Waals surface area contributed by atoms with Gasteiger partial charge < -0.3 is 10.2 Å². The average Bonchev–Trinajstić information content (AvgIpc) is 2.72. The SMILES string of the molecule is Cc1ccccc1N1CCN(CCNC=O)C1=O. The van der Waals surface area contributed by atoms with Gasteiger partial charge in [-0.2, -0.15) is 0 Å². The number of amides is 3. The van der Waals surface area contributed by atoms with Crippen molar-refractivity contribution >= 4 is 18.1 Å². The van der Waals surface area contributed by atoms with Crippen molar-refractivity contribution < 1.29 is 9.59 Å². The minimum Gasteiger partial charge on any atom is -0.357 e. The molecule has 0 unspecified atom stereocenters. The predicted molar refractivity (Wildman–Crippen MR) is 69.6 cm³/mol. The predicted octanol–water partition coefficient (Wildman–Crippen LogP) is 0.983. The molecule has 1 N–H and O–H groups in total. The highest BCUT2D eigenvalue weighted by Crippen LogP contribution is 2.23. The van der Waals surface area contributed by atoms with Crippen LogP contribution in [0.4, 0.5) is 10.5 Å². The van der Waals surface area contributed by atoms with Crippen molar-refractivity contribution in [3.63, 3.8) is 0 Å². The zero-order valence-corrected chi connectivity index (χ0v) is 10.4. The number of rotatable bonds is 5. The lowest BCUT2D eigenvalue weighted by molar-refractivity contribution is -0.109. The van der Waals surface area contributed by atoms with Crippen molar-refractivity contribution in [2.45, 2.75) is 6.92 Å². The van der Waals surface area contributed by atoms with Gasteiger partial charge in [0, 0.05) is 31.9 Å². The van der Waals surface area contributed by atoms with E-state index >= 15 is 0 Å². The van der Waals surface area contributed by atoms with Crippen LogP contribution in [0.3, 0.4) is 0 Å². The first-order valence-electron chi connectivity index (χ1n) is 6.03. The normalized spacial score (nSPS) is 15.1. The Balaban J connectivity index is 2.03. The summed E-state index contributed by atoms with van der Waals surface area (Å²) in [6.07, 6.45) is 0.652. The summed E-state index contributed by atoms with van der Waals surface area (Å²) in [4.78, 5) is 25.9. The number of para-hydroxylation sites is 1. The molecule has 1 fully saturated rings. The van der Waals surface area contributed by atoms with E-state index in [4.69, 9.17) is 0 Å². The lowest BCUT2D eigenvalue weighted by atomic mass is 10.2. The zero-order valence-electron chi connectivity index (χ0n) is 10.4. The number of carbonyl (C=O) groups excluding carboxylic acids is 2. The molecule has 18 heavy (non-hydrogen) atoms. The van der Waals surface area contributed by atoms with Gasteiger partial charge in [0.2, 0.25) is 6.41 Å². The Morgan fingerprint density at radius 3 is 2.83 bits per heavy atom. The molecule has 1 heterocycles. The maximum absolute atomic E-state index is 12.2. The molecule has 5 heteroatoms. The van der Waals surface area contributed by atoms with Crippen LogP contribution in [0.25, 0.3) is 0 Å². The second-order valence-electron chi connectivity index (χ2n) is 4.28. The molecular formula is C13H17N3O2. The Kier molecular flexibility index (Phi) is 3.82. The molecule has 1 aliphatic rings. The molecule has 5 nitrogen and oxygen atoms in total. The number of hydrogen-bond acceptors (Lipinski definition) is 2. The summed E-state index contributed by atoms with van der Waals surface area (Å²) in [5.41, 5.74) is 2.06. The number of aryl methyl sites for hydroxylation is 1. The third kappa shape index (κ3) is 2.45. The van der Waals surface area contributed by atoms with Crippen LogP contribution in [0.15, 0.2) is 24.3 Å². The van der Waals surface area contributed by atoms with Gasteiger partial charge >= 0.3 is 6.03 Å². The fourth-order valence-electron chi connectivity index (χ4n) is 2.14. The third-order valence-electron chi connectivity index (χ3n) is 3.11. The quantitative estimate of drug-likeness (QED) is 0.623. The largest absolute Gasteiger partial charge is 0.357 e. The van der Waals surface area contributed by atoms with Crippen LogP contribution in [-0.4, -0.2) is 43.5 Å². The van der Waals surface area contributed by atoms with Gasteiger partial charge in [0.05, 0.1) is 0 Å². The van der Waals surface area contributed by atoms with E-state index < -0.39 is 0 Å². The number of nitrogens with one attached hydrogen (secondary N) is 1. The van der Waals surface area contributed by atoms with Crippen molar-refractivity contribution in [2.75, 3.05) is 31.1 Å². The molecule has 0 saturated carbocycles. The van der Waals surface area contributed by atoms with Crippen molar-refractivity contribution in [1.29, 1.82) is 0 Å². The molecule has 0 bridgehead atoms. The molecule has 0 aromatic heterocycles. The van der Waals surface area contributed by atoms with E-state index in [1.807, 2.05) is 31.2 Å². The Hall–Kier alpha value is -2.04. The molecular weight excluding hydrogens is 230 g/mol. The number of anilines is 1. The molecule has 0 aliphatic carbocycles. The maximum Gasteiger partial charge on any atom is 0.324 e. The van der Waals surface area contributed by atoms with E-state index in [-0.39, 0.29) is 6.03 Å². The van der Waals surface area contributed by atoms with Gasteiger partial charge in [-0.1, -0.05) is 18.2 Å².